The maximum atomic E-state index is 4.88. The van der Waals surface area contributed by atoms with Crippen LogP contribution in [0.2, 0.25) is 0 Å². The van der Waals surface area contributed by atoms with Gasteiger partial charge in [0.05, 0.1) is 18.9 Å². The average Bonchev–Trinajstić information content (AvgIpc) is 3.15. The van der Waals surface area contributed by atoms with Gasteiger partial charge in [-0.05, 0) is 31.7 Å². The number of nitrogens with zero attached hydrogens (tertiary/aromatic N) is 4. The molecular weight excluding hydrogens is 437 g/mol. The van der Waals surface area contributed by atoms with E-state index in [1.165, 1.54) is 11.1 Å². The van der Waals surface area contributed by atoms with Crippen LogP contribution in [0.15, 0.2) is 48.0 Å². The molecule has 0 saturated carbocycles. The minimum Gasteiger partial charge on any atom is -0.357 e. The molecule has 26 heavy (non-hydrogen) atoms. The van der Waals surface area contributed by atoms with Gasteiger partial charge in [-0.1, -0.05) is 36.8 Å². The van der Waals surface area contributed by atoms with Crippen molar-refractivity contribution >= 4 is 29.9 Å². The van der Waals surface area contributed by atoms with Crippen LogP contribution in [0, 0.1) is 12.8 Å². The predicted molar refractivity (Wildman–Crippen MR) is 118 cm³/mol. The van der Waals surface area contributed by atoms with Gasteiger partial charge in [0.25, 0.3) is 0 Å². The molecule has 142 valence electrons. The maximum absolute atomic E-state index is 4.88. The van der Waals surface area contributed by atoms with Gasteiger partial charge >= 0.3 is 0 Å². The molecule has 3 rings (SSSR count). The van der Waals surface area contributed by atoms with Crippen molar-refractivity contribution in [1.29, 1.82) is 0 Å². The topological polar surface area (TPSA) is 45.5 Å². The molecule has 1 aromatic carbocycles. The highest BCUT2D eigenvalue weighted by molar-refractivity contribution is 14.0. The second kappa shape index (κ2) is 9.94. The van der Waals surface area contributed by atoms with Gasteiger partial charge in [0.2, 0.25) is 0 Å². The van der Waals surface area contributed by atoms with Crippen molar-refractivity contribution in [3.63, 3.8) is 0 Å². The Balaban J connectivity index is 0.00000243. The van der Waals surface area contributed by atoms with E-state index in [1.54, 1.807) is 0 Å². The zero-order valence-corrected chi connectivity index (χ0v) is 18.3. The van der Waals surface area contributed by atoms with Crippen LogP contribution in [0.4, 0.5) is 0 Å². The van der Waals surface area contributed by atoms with E-state index in [-0.39, 0.29) is 24.0 Å². The SMILES string of the molecule is CCNC(=NCc1ccc(C)cc1)N1CCC(C)C(n2ccnc2)C1.I. The zero-order valence-electron chi connectivity index (χ0n) is 15.9. The van der Waals surface area contributed by atoms with E-state index in [0.717, 1.165) is 32.0 Å². The Morgan fingerprint density at radius 1 is 1.31 bits per heavy atom. The summed E-state index contributed by atoms with van der Waals surface area (Å²) in [5, 5.41) is 3.47. The number of imidazole rings is 1. The summed E-state index contributed by atoms with van der Waals surface area (Å²) in [6.07, 6.45) is 7.03. The Bertz CT molecular complexity index is 681. The van der Waals surface area contributed by atoms with Crippen molar-refractivity contribution in [2.45, 2.75) is 39.8 Å². The Labute approximate surface area is 173 Å². The number of rotatable bonds is 4. The average molecular weight is 467 g/mol. The van der Waals surface area contributed by atoms with E-state index in [0.29, 0.717) is 18.5 Å². The van der Waals surface area contributed by atoms with Gasteiger partial charge in [0, 0.05) is 32.0 Å². The van der Waals surface area contributed by atoms with Crippen LogP contribution in [0.25, 0.3) is 0 Å². The summed E-state index contributed by atoms with van der Waals surface area (Å²) < 4.78 is 2.24. The maximum Gasteiger partial charge on any atom is 0.194 e. The molecule has 2 aromatic rings. The van der Waals surface area contributed by atoms with Crippen molar-refractivity contribution in [2.75, 3.05) is 19.6 Å². The number of aromatic nitrogens is 2. The van der Waals surface area contributed by atoms with E-state index >= 15 is 0 Å². The summed E-state index contributed by atoms with van der Waals surface area (Å²) in [4.78, 5) is 11.5. The quantitative estimate of drug-likeness (QED) is 0.422. The number of aliphatic imine (C=N–C) groups is 1. The first-order valence-electron chi connectivity index (χ1n) is 9.23. The molecule has 0 bridgehead atoms. The first kappa shape index (κ1) is 20.7. The van der Waals surface area contributed by atoms with Crippen LogP contribution in [-0.4, -0.2) is 40.0 Å². The van der Waals surface area contributed by atoms with Crippen molar-refractivity contribution in [3.8, 4) is 0 Å². The number of nitrogens with one attached hydrogen (secondary N) is 1. The smallest absolute Gasteiger partial charge is 0.194 e. The van der Waals surface area contributed by atoms with Crippen molar-refractivity contribution in [2.24, 2.45) is 10.9 Å². The Morgan fingerprint density at radius 3 is 2.73 bits per heavy atom. The molecule has 2 atom stereocenters. The van der Waals surface area contributed by atoms with Gasteiger partial charge < -0.3 is 14.8 Å². The number of hydrogen-bond donors (Lipinski definition) is 1. The summed E-state index contributed by atoms with van der Waals surface area (Å²) in [7, 11) is 0. The largest absolute Gasteiger partial charge is 0.357 e. The van der Waals surface area contributed by atoms with Gasteiger partial charge in [-0.25, -0.2) is 9.98 Å². The van der Waals surface area contributed by atoms with E-state index < -0.39 is 0 Å². The van der Waals surface area contributed by atoms with E-state index in [9.17, 15) is 0 Å². The molecule has 1 fully saturated rings. The fraction of sp³-hybridized carbons (Fsp3) is 0.500. The van der Waals surface area contributed by atoms with Crippen LogP contribution in [0.5, 0.6) is 0 Å². The molecule has 0 amide bonds. The van der Waals surface area contributed by atoms with E-state index in [2.05, 4.69) is 71.0 Å². The minimum absolute atomic E-state index is 0. The molecule has 1 aliphatic rings. The fourth-order valence-corrected chi connectivity index (χ4v) is 3.38. The summed E-state index contributed by atoms with van der Waals surface area (Å²) >= 11 is 0. The highest BCUT2D eigenvalue weighted by Gasteiger charge is 2.28. The van der Waals surface area contributed by atoms with Gasteiger partial charge in [-0.15, -0.1) is 24.0 Å². The van der Waals surface area contributed by atoms with E-state index in [4.69, 9.17) is 4.99 Å². The second-order valence-corrected chi connectivity index (χ2v) is 6.94. The molecule has 0 aliphatic carbocycles. The van der Waals surface area contributed by atoms with Gasteiger partial charge in [-0.3, -0.25) is 0 Å². The molecule has 1 aromatic heterocycles. The van der Waals surface area contributed by atoms with Crippen LogP contribution >= 0.6 is 24.0 Å². The Kier molecular flexibility index (Phi) is 7.93. The highest BCUT2D eigenvalue weighted by atomic mass is 127. The lowest BCUT2D eigenvalue weighted by Crippen LogP contribution is -2.49. The summed E-state index contributed by atoms with van der Waals surface area (Å²) in [6, 6.07) is 9.06. The van der Waals surface area contributed by atoms with Gasteiger partial charge in [0.1, 0.15) is 0 Å². The van der Waals surface area contributed by atoms with Crippen molar-refractivity contribution in [3.05, 3.63) is 54.1 Å². The molecule has 1 saturated heterocycles. The van der Waals surface area contributed by atoms with Crippen molar-refractivity contribution in [1.82, 2.24) is 19.8 Å². The number of aryl methyl sites for hydroxylation is 1. The summed E-state index contributed by atoms with van der Waals surface area (Å²) in [5.41, 5.74) is 2.53. The van der Waals surface area contributed by atoms with Crippen LogP contribution in [0.1, 0.15) is 37.4 Å². The molecule has 1 aliphatic heterocycles. The van der Waals surface area contributed by atoms with E-state index in [1.807, 2.05) is 12.5 Å². The van der Waals surface area contributed by atoms with Gasteiger partial charge in [-0.2, -0.15) is 0 Å². The van der Waals surface area contributed by atoms with Crippen LogP contribution in [0.3, 0.4) is 0 Å². The molecule has 2 heterocycles. The lowest BCUT2D eigenvalue weighted by molar-refractivity contribution is 0.189. The molecular formula is C20H30IN5. The fourth-order valence-electron chi connectivity index (χ4n) is 3.38. The lowest BCUT2D eigenvalue weighted by Gasteiger charge is -2.39. The zero-order chi connectivity index (χ0) is 17.6. The second-order valence-electron chi connectivity index (χ2n) is 6.94. The third-order valence-corrected chi connectivity index (χ3v) is 4.99. The first-order valence-corrected chi connectivity index (χ1v) is 9.23. The lowest BCUT2D eigenvalue weighted by atomic mass is 9.93. The van der Waals surface area contributed by atoms with Crippen molar-refractivity contribution < 1.29 is 0 Å². The normalized spacial score (nSPS) is 20.6. The number of likely N-dealkylation sites (tertiary alicyclic amines) is 1. The third-order valence-electron chi connectivity index (χ3n) is 4.99. The number of halogens is 1. The number of piperidine rings is 1. The Morgan fingerprint density at radius 2 is 2.08 bits per heavy atom. The number of hydrogen-bond acceptors (Lipinski definition) is 2. The first-order chi connectivity index (χ1) is 12.2. The molecule has 2 unspecified atom stereocenters. The summed E-state index contributed by atoms with van der Waals surface area (Å²) in [5.74, 6) is 1.66. The third kappa shape index (κ3) is 5.22. The van der Waals surface area contributed by atoms with Crippen LogP contribution < -0.4 is 5.32 Å². The monoisotopic (exact) mass is 467 g/mol. The molecule has 5 nitrogen and oxygen atoms in total. The Hall–Kier alpha value is -1.57. The molecule has 6 heteroatoms. The minimum atomic E-state index is 0. The number of benzene rings is 1. The highest BCUT2D eigenvalue weighted by Crippen LogP contribution is 2.27. The molecule has 0 spiro atoms. The van der Waals surface area contributed by atoms with Gasteiger partial charge in [0.15, 0.2) is 5.96 Å². The molecule has 1 N–H and O–H groups in total. The summed E-state index contributed by atoms with van der Waals surface area (Å²) in [6.45, 7) is 10.2. The van der Waals surface area contributed by atoms with Crippen LogP contribution in [-0.2, 0) is 6.54 Å². The standard InChI is InChI=1S/C20H29N5.HI/c1-4-22-20(23-13-18-7-5-16(2)6-8-18)24-11-9-17(3)19(14-24)25-12-10-21-15-25;/h5-8,10,12,15,17,19H,4,9,11,13-14H2,1-3H3,(H,22,23);1H. The predicted octanol–water partition coefficient (Wildman–Crippen LogP) is 3.86. The number of guanidine groups is 1. The molecule has 0 radical (unpaired) electrons.